The van der Waals surface area contributed by atoms with E-state index in [0.717, 1.165) is 23.9 Å². The summed E-state index contributed by atoms with van der Waals surface area (Å²) in [6, 6.07) is 4.82. The van der Waals surface area contributed by atoms with Crippen molar-refractivity contribution in [1.82, 2.24) is 5.32 Å². The number of hydrogen-bond donors (Lipinski definition) is 2. The SMILES string of the molecule is CC(C)(CNC(=O)CSCC(=O)O)c1ccc(C(F)(F)F)cc1. The third-order valence-corrected chi connectivity index (χ3v) is 4.10. The highest BCUT2D eigenvalue weighted by atomic mass is 32.2. The summed E-state index contributed by atoms with van der Waals surface area (Å²) >= 11 is 0.984. The van der Waals surface area contributed by atoms with E-state index in [-0.39, 0.29) is 24.0 Å². The Balaban J connectivity index is 2.58. The highest BCUT2D eigenvalue weighted by molar-refractivity contribution is 8.00. The van der Waals surface area contributed by atoms with Crippen molar-refractivity contribution in [3.63, 3.8) is 0 Å². The van der Waals surface area contributed by atoms with Crippen molar-refractivity contribution in [1.29, 1.82) is 0 Å². The van der Waals surface area contributed by atoms with Crippen molar-refractivity contribution in [3.8, 4) is 0 Å². The van der Waals surface area contributed by atoms with Gasteiger partial charge in [-0.3, -0.25) is 9.59 Å². The molecule has 0 radical (unpaired) electrons. The van der Waals surface area contributed by atoms with Crippen LogP contribution in [-0.4, -0.2) is 35.0 Å². The van der Waals surface area contributed by atoms with Gasteiger partial charge < -0.3 is 10.4 Å². The van der Waals surface area contributed by atoms with Crippen molar-refractivity contribution >= 4 is 23.6 Å². The summed E-state index contributed by atoms with van der Waals surface area (Å²) in [5.74, 6) is -1.44. The van der Waals surface area contributed by atoms with E-state index in [9.17, 15) is 22.8 Å². The van der Waals surface area contributed by atoms with E-state index < -0.39 is 23.1 Å². The van der Waals surface area contributed by atoms with Crippen LogP contribution in [0.4, 0.5) is 13.2 Å². The van der Waals surface area contributed by atoms with E-state index in [1.54, 1.807) is 13.8 Å². The first kappa shape index (κ1) is 19.3. The fourth-order valence-electron chi connectivity index (χ4n) is 1.81. The predicted molar refractivity (Wildman–Crippen MR) is 82.4 cm³/mol. The number of hydrogen-bond acceptors (Lipinski definition) is 3. The maximum Gasteiger partial charge on any atom is 0.416 e. The molecule has 0 atom stereocenters. The van der Waals surface area contributed by atoms with Gasteiger partial charge in [-0.05, 0) is 17.7 Å². The molecule has 4 nitrogen and oxygen atoms in total. The number of rotatable bonds is 7. The number of alkyl halides is 3. The molecule has 0 fully saturated rings. The molecule has 1 aromatic rings. The van der Waals surface area contributed by atoms with Crippen molar-refractivity contribution in [2.45, 2.75) is 25.4 Å². The number of halogens is 3. The Bertz CT molecular complexity index is 556. The van der Waals surface area contributed by atoms with Gasteiger partial charge in [0.2, 0.25) is 5.91 Å². The molecule has 0 saturated carbocycles. The van der Waals surface area contributed by atoms with Crippen molar-refractivity contribution in [3.05, 3.63) is 35.4 Å². The van der Waals surface area contributed by atoms with E-state index in [1.807, 2.05) is 0 Å². The van der Waals surface area contributed by atoms with Gasteiger partial charge >= 0.3 is 12.1 Å². The summed E-state index contributed by atoms with van der Waals surface area (Å²) in [7, 11) is 0. The Morgan fingerprint density at radius 3 is 2.09 bits per heavy atom. The third kappa shape index (κ3) is 6.52. The van der Waals surface area contributed by atoms with Crippen LogP contribution in [0, 0.1) is 0 Å². The van der Waals surface area contributed by atoms with Gasteiger partial charge in [0.15, 0.2) is 0 Å². The van der Waals surface area contributed by atoms with Gasteiger partial charge in [0, 0.05) is 12.0 Å². The Kier molecular flexibility index (Phi) is 6.49. The first-order valence-corrected chi connectivity index (χ1v) is 7.92. The Hall–Kier alpha value is -1.70. The summed E-state index contributed by atoms with van der Waals surface area (Å²) in [5, 5.41) is 11.1. The molecule has 0 unspecified atom stereocenters. The topological polar surface area (TPSA) is 66.4 Å². The summed E-state index contributed by atoms with van der Waals surface area (Å²) in [4.78, 5) is 22.0. The number of carbonyl (C=O) groups is 2. The van der Waals surface area contributed by atoms with Gasteiger partial charge in [-0.2, -0.15) is 13.2 Å². The van der Waals surface area contributed by atoms with Crippen LogP contribution in [0.25, 0.3) is 0 Å². The fraction of sp³-hybridized carbons (Fsp3) is 0.467. The van der Waals surface area contributed by atoms with E-state index in [2.05, 4.69) is 5.32 Å². The molecule has 0 aliphatic rings. The second-order valence-electron chi connectivity index (χ2n) is 5.62. The van der Waals surface area contributed by atoms with Crippen LogP contribution >= 0.6 is 11.8 Å². The molecule has 1 aromatic carbocycles. The minimum absolute atomic E-state index is 0.0232. The van der Waals surface area contributed by atoms with Gasteiger partial charge in [0.25, 0.3) is 0 Å². The third-order valence-electron chi connectivity index (χ3n) is 3.18. The monoisotopic (exact) mass is 349 g/mol. The highest BCUT2D eigenvalue weighted by Crippen LogP contribution is 2.31. The quantitative estimate of drug-likeness (QED) is 0.794. The predicted octanol–water partition coefficient (Wildman–Crippen LogP) is 2.92. The number of aliphatic carboxylic acids is 1. The Morgan fingerprint density at radius 2 is 1.61 bits per heavy atom. The maximum atomic E-state index is 12.5. The first-order chi connectivity index (χ1) is 10.5. The lowest BCUT2D eigenvalue weighted by atomic mass is 9.84. The number of carboxylic acids is 1. The molecule has 0 spiro atoms. The molecule has 1 rings (SSSR count). The zero-order chi connectivity index (χ0) is 17.7. The van der Waals surface area contributed by atoms with E-state index in [0.29, 0.717) is 5.56 Å². The zero-order valence-corrected chi connectivity index (χ0v) is 13.6. The van der Waals surface area contributed by atoms with Gasteiger partial charge in [-0.25, -0.2) is 0 Å². The van der Waals surface area contributed by atoms with Crippen molar-refractivity contribution in [2.75, 3.05) is 18.1 Å². The van der Waals surface area contributed by atoms with Gasteiger partial charge in [0.1, 0.15) is 0 Å². The Morgan fingerprint density at radius 1 is 1.09 bits per heavy atom. The first-order valence-electron chi connectivity index (χ1n) is 6.76. The normalized spacial score (nSPS) is 12.0. The number of benzene rings is 1. The minimum Gasteiger partial charge on any atom is -0.481 e. The molecule has 0 aliphatic heterocycles. The number of amides is 1. The lowest BCUT2D eigenvalue weighted by molar-refractivity contribution is -0.137. The second-order valence-corrected chi connectivity index (χ2v) is 6.61. The van der Waals surface area contributed by atoms with Crippen LogP contribution < -0.4 is 5.32 Å². The maximum absolute atomic E-state index is 12.5. The van der Waals surface area contributed by atoms with E-state index in [4.69, 9.17) is 5.11 Å². The molecule has 2 N–H and O–H groups in total. The van der Waals surface area contributed by atoms with Crippen LogP contribution in [-0.2, 0) is 21.2 Å². The van der Waals surface area contributed by atoms with Crippen LogP contribution in [0.1, 0.15) is 25.0 Å². The lowest BCUT2D eigenvalue weighted by Gasteiger charge is -2.26. The molecular weight excluding hydrogens is 331 g/mol. The number of thioether (sulfide) groups is 1. The molecular formula is C15H18F3NO3S. The number of carbonyl (C=O) groups excluding carboxylic acids is 1. The average molecular weight is 349 g/mol. The fourth-order valence-corrected chi connectivity index (χ4v) is 2.38. The van der Waals surface area contributed by atoms with Gasteiger partial charge in [-0.15, -0.1) is 11.8 Å². The standard InChI is InChI=1S/C15H18F3NO3S/c1-14(2,9-19-12(20)7-23-8-13(21)22)10-3-5-11(6-4-10)15(16,17)18/h3-6H,7-9H2,1-2H3,(H,19,20)(H,21,22). The van der Waals surface area contributed by atoms with E-state index >= 15 is 0 Å². The molecule has 0 saturated heterocycles. The molecule has 23 heavy (non-hydrogen) atoms. The minimum atomic E-state index is -4.38. The molecule has 8 heteroatoms. The average Bonchev–Trinajstić information content (AvgIpc) is 2.44. The summed E-state index contributed by atoms with van der Waals surface area (Å²) in [5.41, 5.74) is -0.591. The van der Waals surface area contributed by atoms with Crippen molar-refractivity contribution in [2.24, 2.45) is 0 Å². The molecule has 0 aromatic heterocycles. The molecule has 1 amide bonds. The van der Waals surface area contributed by atoms with Gasteiger partial charge in [0.05, 0.1) is 17.1 Å². The largest absolute Gasteiger partial charge is 0.481 e. The van der Waals surface area contributed by atoms with Crippen LogP contribution in [0.15, 0.2) is 24.3 Å². The van der Waals surface area contributed by atoms with Gasteiger partial charge in [-0.1, -0.05) is 26.0 Å². The molecule has 0 aliphatic carbocycles. The molecule has 0 heterocycles. The second kappa shape index (κ2) is 7.72. The van der Waals surface area contributed by atoms with Crippen LogP contribution in [0.5, 0.6) is 0 Å². The summed E-state index contributed by atoms with van der Waals surface area (Å²) in [6.45, 7) is 3.85. The summed E-state index contributed by atoms with van der Waals surface area (Å²) in [6.07, 6.45) is -4.38. The molecule has 128 valence electrons. The van der Waals surface area contributed by atoms with Crippen LogP contribution in [0.2, 0.25) is 0 Å². The summed E-state index contributed by atoms with van der Waals surface area (Å²) < 4.78 is 37.6. The number of nitrogens with one attached hydrogen (secondary N) is 1. The number of carboxylic acid groups (broad SMARTS) is 1. The lowest BCUT2D eigenvalue weighted by Crippen LogP contribution is -2.37. The zero-order valence-electron chi connectivity index (χ0n) is 12.7. The van der Waals surface area contributed by atoms with Crippen molar-refractivity contribution < 1.29 is 27.9 Å². The van der Waals surface area contributed by atoms with Crippen LogP contribution in [0.3, 0.4) is 0 Å². The highest BCUT2D eigenvalue weighted by Gasteiger charge is 2.31. The Labute approximate surface area is 136 Å². The van der Waals surface area contributed by atoms with E-state index in [1.165, 1.54) is 12.1 Å². The molecule has 0 bridgehead atoms. The smallest absolute Gasteiger partial charge is 0.416 e.